The van der Waals surface area contributed by atoms with Crippen molar-refractivity contribution in [3.63, 3.8) is 0 Å². The van der Waals surface area contributed by atoms with Crippen LogP contribution in [0.1, 0.15) is 32.1 Å². The fourth-order valence-electron chi connectivity index (χ4n) is 4.63. The first kappa shape index (κ1) is 26.8. The molecule has 3 fully saturated rings. The van der Waals surface area contributed by atoms with Crippen LogP contribution in [0.3, 0.4) is 0 Å². The summed E-state index contributed by atoms with van der Waals surface area (Å²) in [5.74, 6) is 0.975. The molecule has 194 valence electrons. The van der Waals surface area contributed by atoms with Crippen LogP contribution in [-0.4, -0.2) is 81.9 Å². The fraction of sp³-hybridized carbons (Fsp3) is 0.810. The molecule has 34 heavy (non-hydrogen) atoms. The van der Waals surface area contributed by atoms with Crippen LogP contribution >= 0.6 is 15.9 Å². The molecule has 3 aliphatic rings. The molecule has 1 aromatic heterocycles. The molecule has 0 spiro atoms. The van der Waals surface area contributed by atoms with Crippen molar-refractivity contribution in [3.8, 4) is 0 Å². The second kappa shape index (κ2) is 11.4. The molecule has 0 bridgehead atoms. The van der Waals surface area contributed by atoms with Gasteiger partial charge in [-0.05, 0) is 0 Å². The molecule has 0 amide bonds. The van der Waals surface area contributed by atoms with E-state index in [4.69, 9.17) is 4.74 Å². The van der Waals surface area contributed by atoms with Crippen molar-refractivity contribution < 1.29 is 47.5 Å². The Labute approximate surface area is 217 Å². The van der Waals surface area contributed by atoms with E-state index in [1.54, 1.807) is 12.4 Å². The Hall–Kier alpha value is -0.250. The monoisotopic (exact) mass is 681 g/mol. The molecular formula is C21H30BrF3IN4O3S-. The summed E-state index contributed by atoms with van der Waals surface area (Å²) in [6, 6.07) is 0. The van der Waals surface area contributed by atoms with Crippen LogP contribution in [0.15, 0.2) is 16.9 Å². The first-order valence-corrected chi connectivity index (χ1v) is 16.5. The summed E-state index contributed by atoms with van der Waals surface area (Å²) < 4.78 is 71.0. The van der Waals surface area contributed by atoms with E-state index in [9.17, 15) is 21.6 Å². The van der Waals surface area contributed by atoms with Gasteiger partial charge in [0.25, 0.3) is 0 Å². The number of hydrogen-bond acceptors (Lipinski definition) is 6. The van der Waals surface area contributed by atoms with Crippen LogP contribution in [0.5, 0.6) is 0 Å². The molecule has 4 rings (SSSR count). The van der Waals surface area contributed by atoms with Crippen molar-refractivity contribution in [1.82, 2.24) is 14.3 Å². The van der Waals surface area contributed by atoms with E-state index in [2.05, 4.69) is 30.8 Å². The van der Waals surface area contributed by atoms with Gasteiger partial charge in [-0.25, -0.2) is 0 Å². The second-order valence-corrected chi connectivity index (χ2v) is 15.9. The van der Waals surface area contributed by atoms with E-state index in [1.807, 2.05) is 0 Å². The van der Waals surface area contributed by atoms with Crippen LogP contribution in [0.2, 0.25) is 0 Å². The van der Waals surface area contributed by atoms with Gasteiger partial charge in [0.05, 0.1) is 0 Å². The van der Waals surface area contributed by atoms with Gasteiger partial charge >= 0.3 is 205 Å². The first-order chi connectivity index (χ1) is 16.1. The average molecular weight is 682 g/mol. The molecule has 0 radical (unpaired) electrons. The number of alkyl halides is 5. The molecule has 7 nitrogen and oxygen atoms in total. The zero-order chi connectivity index (χ0) is 24.3. The number of nitrogens with zero attached hydrogens (tertiary/aromatic N) is 4. The van der Waals surface area contributed by atoms with Crippen LogP contribution in [0.4, 0.5) is 19.1 Å². The molecule has 0 aliphatic carbocycles. The summed E-state index contributed by atoms with van der Waals surface area (Å²) in [6.07, 6.45) is 1.45. The van der Waals surface area contributed by atoms with E-state index >= 15 is 0 Å². The number of hydrogen-bond donors (Lipinski definition) is 0. The third-order valence-electron chi connectivity index (χ3n) is 6.71. The second-order valence-electron chi connectivity index (χ2n) is 9.17. The molecule has 0 N–H and O–H groups in total. The third kappa shape index (κ3) is 7.62. The minimum atomic E-state index is -4.45. The SMILES string of the molecule is O=S(=O)(CCC(F)(F)F)N1CCC(COC[C@@H]2[I-][C@@H]2C2CCN(c3ncc(Br)cn3)CC2)CC1. The quantitative estimate of drug-likeness (QED) is 0.276. The molecule has 2 atom stereocenters. The van der Waals surface area contributed by atoms with Crippen LogP contribution < -0.4 is 26.1 Å². The zero-order valence-corrected chi connectivity index (χ0v) is 23.3. The van der Waals surface area contributed by atoms with E-state index < -0.39 is 28.4 Å². The summed E-state index contributed by atoms with van der Waals surface area (Å²) in [4.78, 5) is 11.0. The Kier molecular flexibility index (Phi) is 9.01. The van der Waals surface area contributed by atoms with Gasteiger partial charge in [0, 0.05) is 0 Å². The average Bonchev–Trinajstić information content (AvgIpc) is 3.58. The molecular weight excluding hydrogens is 652 g/mol. The molecule has 0 aromatic carbocycles. The van der Waals surface area contributed by atoms with Gasteiger partial charge in [0.15, 0.2) is 0 Å². The first-order valence-electron chi connectivity index (χ1n) is 11.6. The van der Waals surface area contributed by atoms with Gasteiger partial charge in [-0.15, -0.1) is 0 Å². The number of ether oxygens (including phenoxy) is 1. The van der Waals surface area contributed by atoms with Gasteiger partial charge in [-0.3, -0.25) is 0 Å². The van der Waals surface area contributed by atoms with E-state index in [0.29, 0.717) is 23.4 Å². The van der Waals surface area contributed by atoms with Crippen molar-refractivity contribution in [2.45, 2.75) is 46.1 Å². The predicted molar refractivity (Wildman–Crippen MR) is 122 cm³/mol. The fourth-order valence-corrected chi connectivity index (χ4v) is 9.74. The number of piperidine rings is 2. The number of halogens is 5. The van der Waals surface area contributed by atoms with Gasteiger partial charge < -0.3 is 0 Å². The van der Waals surface area contributed by atoms with E-state index in [0.717, 1.165) is 40.0 Å². The maximum absolute atomic E-state index is 12.4. The number of sulfonamides is 1. The third-order valence-corrected chi connectivity index (χ3v) is 12.9. The molecule has 0 saturated carbocycles. The van der Waals surface area contributed by atoms with E-state index in [-0.39, 0.29) is 40.2 Å². The summed E-state index contributed by atoms with van der Waals surface area (Å²) in [7, 11) is -3.84. The predicted octanol–water partition coefficient (Wildman–Crippen LogP) is 0.306. The zero-order valence-electron chi connectivity index (χ0n) is 18.8. The van der Waals surface area contributed by atoms with Crippen molar-refractivity contribution in [2.24, 2.45) is 11.8 Å². The standard InChI is InChI=1S/C21H30BrF3IN4O3S/c22-17-11-27-20(28-12-17)29-6-3-16(4-7-29)19-18(26-19)14-33-13-15-1-8-30(9-2-15)34(31,32)10-5-21(23,24)25/h11-12,15-16,18-19H,1-10,13-14H2/q-1/t18-,19+/m0/s1. The number of rotatable bonds is 9. The molecule has 4 heterocycles. The maximum atomic E-state index is 12.4. The van der Waals surface area contributed by atoms with Crippen molar-refractivity contribution >= 4 is 31.9 Å². The molecule has 1 aromatic rings. The Morgan fingerprint density at radius 3 is 2.32 bits per heavy atom. The Bertz CT molecular complexity index is 909. The Balaban J connectivity index is 1.10. The molecule has 3 aliphatic heterocycles. The normalized spacial score (nSPS) is 25.8. The topological polar surface area (TPSA) is 75.6 Å². The summed E-state index contributed by atoms with van der Waals surface area (Å²) in [5.41, 5.74) is 0. The van der Waals surface area contributed by atoms with Crippen molar-refractivity contribution in [3.05, 3.63) is 16.9 Å². The summed E-state index contributed by atoms with van der Waals surface area (Å²) in [5, 5.41) is 0. The van der Waals surface area contributed by atoms with Crippen LogP contribution in [0.25, 0.3) is 0 Å². The molecule has 13 heteroatoms. The Morgan fingerprint density at radius 2 is 1.71 bits per heavy atom. The Morgan fingerprint density at radius 1 is 1.06 bits per heavy atom. The van der Waals surface area contributed by atoms with Crippen molar-refractivity contribution in [2.75, 3.05) is 50.0 Å². The van der Waals surface area contributed by atoms with Gasteiger partial charge in [0.1, 0.15) is 0 Å². The van der Waals surface area contributed by atoms with Crippen LogP contribution in [0, 0.1) is 11.8 Å². The van der Waals surface area contributed by atoms with E-state index in [1.165, 1.54) is 17.1 Å². The van der Waals surface area contributed by atoms with Crippen LogP contribution in [-0.2, 0) is 14.8 Å². The van der Waals surface area contributed by atoms with Gasteiger partial charge in [-0.1, -0.05) is 0 Å². The molecule has 0 unspecified atom stereocenters. The molecule has 3 saturated heterocycles. The van der Waals surface area contributed by atoms with Gasteiger partial charge in [0.2, 0.25) is 0 Å². The summed E-state index contributed by atoms with van der Waals surface area (Å²) >= 11 is 3.55. The van der Waals surface area contributed by atoms with Gasteiger partial charge in [-0.2, -0.15) is 13.2 Å². The van der Waals surface area contributed by atoms with Crippen molar-refractivity contribution in [1.29, 1.82) is 0 Å². The summed E-state index contributed by atoms with van der Waals surface area (Å²) in [6.45, 7) is 3.96. The number of aromatic nitrogens is 2. The number of anilines is 1. The minimum absolute atomic E-state index is 0.180.